The molecule has 0 heterocycles. The molecule has 3 fully saturated rings. The molecule has 3 saturated carbocycles. The number of carbonyl (C=O) groups excluding carboxylic acids is 2. The highest BCUT2D eigenvalue weighted by atomic mass is 16.5. The summed E-state index contributed by atoms with van der Waals surface area (Å²) in [4.78, 5) is 23.0. The number of hydrogen-bond acceptors (Lipinski definition) is 4. The van der Waals surface area contributed by atoms with Gasteiger partial charge in [-0.2, -0.15) is 0 Å². The molecular weight excluding hydrogens is 328 g/mol. The van der Waals surface area contributed by atoms with Crippen LogP contribution in [0.1, 0.15) is 72.1 Å². The van der Waals surface area contributed by atoms with Gasteiger partial charge in [-0.15, -0.1) is 0 Å². The van der Waals surface area contributed by atoms with E-state index in [-0.39, 0.29) is 22.7 Å². The largest absolute Gasteiger partial charge is 0.464 e. The van der Waals surface area contributed by atoms with Crippen molar-refractivity contribution >= 4 is 12.3 Å². The first-order chi connectivity index (χ1) is 12.3. The minimum Gasteiger partial charge on any atom is -0.464 e. The molecule has 0 radical (unpaired) electrons. The zero-order valence-corrected chi connectivity index (χ0v) is 16.3. The van der Waals surface area contributed by atoms with Gasteiger partial charge in [0.1, 0.15) is 11.7 Å². The van der Waals surface area contributed by atoms with Crippen molar-refractivity contribution in [2.75, 3.05) is 0 Å². The molecule has 4 heteroatoms. The van der Waals surface area contributed by atoms with E-state index in [1.54, 1.807) is 6.92 Å². The van der Waals surface area contributed by atoms with Crippen LogP contribution in [0.25, 0.3) is 0 Å². The van der Waals surface area contributed by atoms with Crippen LogP contribution in [0, 0.1) is 28.6 Å². The maximum absolute atomic E-state index is 12.3. The van der Waals surface area contributed by atoms with Gasteiger partial charge in [0.2, 0.25) is 0 Å². The highest BCUT2D eigenvalue weighted by Gasteiger charge is 2.65. The van der Waals surface area contributed by atoms with E-state index in [1.807, 2.05) is 0 Å². The molecule has 0 aromatic rings. The molecule has 0 aliphatic heterocycles. The smallest absolute Gasteiger partial charge is 0.293 e. The summed E-state index contributed by atoms with van der Waals surface area (Å²) in [6.07, 6.45) is 9.96. The van der Waals surface area contributed by atoms with Crippen LogP contribution in [-0.2, 0) is 14.3 Å². The molecule has 0 amide bonds. The Hall–Kier alpha value is -1.16. The zero-order valence-electron chi connectivity index (χ0n) is 16.3. The van der Waals surface area contributed by atoms with E-state index in [0.717, 1.165) is 44.9 Å². The number of ketones is 1. The molecule has 1 N–H and O–H groups in total. The second-order valence-electron chi connectivity index (χ2n) is 9.77. The highest BCUT2D eigenvalue weighted by molar-refractivity contribution is 5.86. The number of fused-ring (bicyclic) bond motifs is 5. The Balaban J connectivity index is 1.64. The third-order valence-electron chi connectivity index (χ3n) is 9.04. The SMILES string of the molecule is CC(=O)[C@]1(O)CC[C@H]2[C@@H]3CC=C4C[C@H](OC=O)CC[C@]4(C)[C@H]3CC[C@@]21C. The van der Waals surface area contributed by atoms with Crippen LogP contribution in [0.2, 0.25) is 0 Å². The number of Topliss-reactive ketones (excluding diaryl/α,β-unsaturated/α-hetero) is 1. The van der Waals surface area contributed by atoms with Crippen molar-refractivity contribution in [2.45, 2.75) is 83.8 Å². The van der Waals surface area contributed by atoms with E-state index in [1.165, 1.54) is 5.57 Å². The number of hydrogen-bond donors (Lipinski definition) is 1. The monoisotopic (exact) mass is 360 g/mol. The second kappa shape index (κ2) is 5.92. The molecule has 0 aromatic carbocycles. The van der Waals surface area contributed by atoms with Crippen LogP contribution in [0.4, 0.5) is 0 Å². The van der Waals surface area contributed by atoms with E-state index in [2.05, 4.69) is 19.9 Å². The van der Waals surface area contributed by atoms with Gasteiger partial charge >= 0.3 is 0 Å². The van der Waals surface area contributed by atoms with Gasteiger partial charge in [0, 0.05) is 11.8 Å². The number of carbonyl (C=O) groups is 2. The molecule has 4 nitrogen and oxygen atoms in total. The van der Waals surface area contributed by atoms with E-state index in [4.69, 9.17) is 4.74 Å². The van der Waals surface area contributed by atoms with Crippen LogP contribution < -0.4 is 0 Å². The van der Waals surface area contributed by atoms with E-state index in [0.29, 0.717) is 30.6 Å². The van der Waals surface area contributed by atoms with Crippen LogP contribution in [0.3, 0.4) is 0 Å². The molecular formula is C22H32O4. The fraction of sp³-hybridized carbons (Fsp3) is 0.818. The van der Waals surface area contributed by atoms with E-state index < -0.39 is 5.60 Å². The number of aliphatic hydroxyl groups is 1. The van der Waals surface area contributed by atoms with Gasteiger partial charge in [0.05, 0.1) is 0 Å². The van der Waals surface area contributed by atoms with Crippen molar-refractivity contribution in [1.29, 1.82) is 0 Å². The third kappa shape index (κ3) is 2.23. The fourth-order valence-electron chi connectivity index (χ4n) is 7.42. The number of ether oxygens (including phenoxy) is 1. The third-order valence-corrected chi connectivity index (χ3v) is 9.04. The van der Waals surface area contributed by atoms with Crippen molar-refractivity contribution in [3.05, 3.63) is 11.6 Å². The van der Waals surface area contributed by atoms with Gasteiger partial charge in [-0.05, 0) is 75.0 Å². The summed E-state index contributed by atoms with van der Waals surface area (Å²) in [5.74, 6) is 1.55. The lowest BCUT2D eigenvalue weighted by Gasteiger charge is -2.58. The summed E-state index contributed by atoms with van der Waals surface area (Å²) in [5.41, 5.74) is 0.243. The second-order valence-corrected chi connectivity index (χ2v) is 9.77. The lowest BCUT2D eigenvalue weighted by Crippen LogP contribution is -2.57. The minimum absolute atomic E-state index is 0.0338. The van der Waals surface area contributed by atoms with Gasteiger partial charge < -0.3 is 9.84 Å². The standard InChI is InChI=1S/C22H32O4/c1-14(24)22(25)11-8-19-17-5-4-15-12-16(26-13-23)6-9-20(15,2)18(17)7-10-21(19,22)3/h4,13,16-19,25H,5-12H2,1-3H3/t16-,17-,18+,19+,20+,21+,22-/m1/s1. The fourth-order valence-corrected chi connectivity index (χ4v) is 7.42. The zero-order chi connectivity index (χ0) is 18.7. The Labute approximate surface area is 156 Å². The van der Waals surface area contributed by atoms with E-state index in [9.17, 15) is 14.7 Å². The molecule has 0 saturated heterocycles. The van der Waals surface area contributed by atoms with Gasteiger partial charge in [0.15, 0.2) is 5.78 Å². The molecule has 144 valence electrons. The molecule has 4 aliphatic carbocycles. The topological polar surface area (TPSA) is 63.6 Å². The van der Waals surface area contributed by atoms with Gasteiger partial charge in [-0.25, -0.2) is 0 Å². The Morgan fingerprint density at radius 3 is 2.62 bits per heavy atom. The van der Waals surface area contributed by atoms with Crippen LogP contribution in [0.15, 0.2) is 11.6 Å². The normalized spacial score (nSPS) is 50.1. The quantitative estimate of drug-likeness (QED) is 0.614. The molecule has 4 aliphatic rings. The summed E-state index contributed by atoms with van der Waals surface area (Å²) in [7, 11) is 0. The highest BCUT2D eigenvalue weighted by Crippen LogP contribution is 2.67. The molecule has 0 aromatic heterocycles. The Morgan fingerprint density at radius 2 is 1.92 bits per heavy atom. The summed E-state index contributed by atoms with van der Waals surface area (Å²) >= 11 is 0. The minimum atomic E-state index is -1.14. The summed E-state index contributed by atoms with van der Waals surface area (Å²) in [5, 5.41) is 11.2. The molecule has 0 bridgehead atoms. The molecule has 0 spiro atoms. The van der Waals surface area contributed by atoms with Crippen LogP contribution in [0.5, 0.6) is 0 Å². The lowest BCUT2D eigenvalue weighted by molar-refractivity contribution is -0.159. The van der Waals surface area contributed by atoms with Crippen molar-refractivity contribution in [3.8, 4) is 0 Å². The average Bonchev–Trinajstić information content (AvgIpc) is 2.88. The first-order valence-corrected chi connectivity index (χ1v) is 10.3. The van der Waals surface area contributed by atoms with Crippen molar-refractivity contribution in [3.63, 3.8) is 0 Å². The Morgan fingerprint density at radius 1 is 1.19 bits per heavy atom. The Bertz CT molecular complexity index is 655. The molecule has 4 rings (SSSR count). The number of rotatable bonds is 3. The maximum atomic E-state index is 12.3. The van der Waals surface area contributed by atoms with Gasteiger partial charge in [-0.3, -0.25) is 9.59 Å². The number of allylic oxidation sites excluding steroid dienone is 1. The average molecular weight is 360 g/mol. The summed E-state index contributed by atoms with van der Waals surface area (Å²) < 4.78 is 5.26. The maximum Gasteiger partial charge on any atom is 0.293 e. The predicted molar refractivity (Wildman–Crippen MR) is 98.3 cm³/mol. The summed E-state index contributed by atoms with van der Waals surface area (Å²) in [6, 6.07) is 0. The lowest BCUT2D eigenvalue weighted by atomic mass is 9.47. The first-order valence-electron chi connectivity index (χ1n) is 10.3. The van der Waals surface area contributed by atoms with Gasteiger partial charge in [0.25, 0.3) is 6.47 Å². The van der Waals surface area contributed by atoms with E-state index >= 15 is 0 Å². The summed E-state index contributed by atoms with van der Waals surface area (Å²) in [6.45, 7) is 6.72. The Kier molecular flexibility index (Phi) is 4.15. The van der Waals surface area contributed by atoms with Crippen molar-refractivity contribution < 1.29 is 19.4 Å². The molecule has 0 unspecified atom stereocenters. The van der Waals surface area contributed by atoms with Crippen LogP contribution >= 0.6 is 0 Å². The predicted octanol–water partition coefficient (Wildman–Crippen LogP) is 3.81. The molecule has 7 atom stereocenters. The van der Waals surface area contributed by atoms with Crippen LogP contribution in [-0.4, -0.2) is 29.1 Å². The molecule has 26 heavy (non-hydrogen) atoms. The van der Waals surface area contributed by atoms with Crippen molar-refractivity contribution in [2.24, 2.45) is 28.6 Å². The van der Waals surface area contributed by atoms with Crippen molar-refractivity contribution in [1.82, 2.24) is 0 Å². The van der Waals surface area contributed by atoms with Gasteiger partial charge in [-0.1, -0.05) is 25.5 Å². The first kappa shape index (κ1) is 18.2.